The van der Waals surface area contributed by atoms with E-state index < -0.39 is 0 Å². The van der Waals surface area contributed by atoms with E-state index in [1.807, 2.05) is 64.3 Å². The van der Waals surface area contributed by atoms with Crippen LogP contribution in [0.4, 0.5) is 0 Å². The molecule has 5 aromatic carbocycles. The van der Waals surface area contributed by atoms with Gasteiger partial charge in [-0.05, 0) is 142 Å². The SMILES string of the molecule is C=C(/C=C\C(=C/C)c1cccc(-c2ccccc2)c1)C1=C(N=C/C=C\C=C/C)c2ccc(-c3ccc4ccc(C(/C=C\N)=C/C)cc4c3)cc2CC1.CC. The predicted molar refractivity (Wildman–Crippen MR) is 239 cm³/mol. The van der Waals surface area contributed by atoms with Crippen LogP contribution in [0.5, 0.6) is 0 Å². The van der Waals surface area contributed by atoms with E-state index in [2.05, 4.69) is 147 Å². The number of fused-ring (bicyclic) bond motifs is 2. The summed E-state index contributed by atoms with van der Waals surface area (Å²) in [7, 11) is 0. The van der Waals surface area contributed by atoms with Crippen molar-refractivity contribution in [2.24, 2.45) is 10.7 Å². The molecule has 0 fully saturated rings. The quantitative estimate of drug-likeness (QED) is 0.108. The molecular formula is C52H52N2. The molecule has 270 valence electrons. The van der Waals surface area contributed by atoms with Gasteiger partial charge < -0.3 is 5.73 Å². The first-order chi connectivity index (χ1) is 26.5. The molecule has 2 N–H and O–H groups in total. The molecule has 0 radical (unpaired) electrons. The third-order valence-electron chi connectivity index (χ3n) is 9.55. The van der Waals surface area contributed by atoms with Crippen molar-refractivity contribution in [1.29, 1.82) is 0 Å². The lowest BCUT2D eigenvalue weighted by molar-refractivity contribution is 0.928. The van der Waals surface area contributed by atoms with Crippen LogP contribution in [0.25, 0.3) is 49.9 Å². The Labute approximate surface area is 323 Å². The Bertz CT molecular complexity index is 2340. The highest BCUT2D eigenvalue weighted by molar-refractivity contribution is 5.92. The summed E-state index contributed by atoms with van der Waals surface area (Å²) in [4.78, 5) is 5.05. The third kappa shape index (κ3) is 9.40. The van der Waals surface area contributed by atoms with Gasteiger partial charge >= 0.3 is 0 Å². The molecule has 5 aromatic rings. The molecule has 0 saturated heterocycles. The Morgan fingerprint density at radius 3 is 2.06 bits per heavy atom. The van der Waals surface area contributed by atoms with E-state index in [0.29, 0.717) is 0 Å². The van der Waals surface area contributed by atoms with Crippen molar-refractivity contribution in [1.82, 2.24) is 0 Å². The van der Waals surface area contributed by atoms with Crippen LogP contribution in [0.3, 0.4) is 0 Å². The Hall–Kier alpha value is -6.25. The zero-order chi connectivity index (χ0) is 38.3. The van der Waals surface area contributed by atoms with Crippen molar-refractivity contribution in [3.05, 3.63) is 210 Å². The number of aliphatic imine (C=N–C) groups is 1. The van der Waals surface area contributed by atoms with Gasteiger partial charge in [0.05, 0.1) is 5.70 Å². The van der Waals surface area contributed by atoms with E-state index in [1.165, 1.54) is 49.7 Å². The molecule has 0 amide bonds. The second-order valence-corrected chi connectivity index (χ2v) is 12.8. The summed E-state index contributed by atoms with van der Waals surface area (Å²) >= 11 is 0. The summed E-state index contributed by atoms with van der Waals surface area (Å²) < 4.78 is 0. The lowest BCUT2D eigenvalue weighted by Crippen LogP contribution is -2.06. The fraction of sp³-hybridized carbons (Fsp3) is 0.135. The van der Waals surface area contributed by atoms with Crippen molar-refractivity contribution >= 4 is 33.8 Å². The topological polar surface area (TPSA) is 38.4 Å². The van der Waals surface area contributed by atoms with Gasteiger partial charge in [0.1, 0.15) is 0 Å². The van der Waals surface area contributed by atoms with E-state index >= 15 is 0 Å². The van der Waals surface area contributed by atoms with Gasteiger partial charge in [0.2, 0.25) is 0 Å². The van der Waals surface area contributed by atoms with Crippen molar-refractivity contribution in [3.63, 3.8) is 0 Å². The summed E-state index contributed by atoms with van der Waals surface area (Å²) in [6.45, 7) is 14.7. The summed E-state index contributed by atoms with van der Waals surface area (Å²) in [5.41, 5.74) is 20.7. The minimum atomic E-state index is 0.863. The number of allylic oxidation sites excluding steroid dienone is 13. The number of rotatable bonds is 11. The monoisotopic (exact) mass is 704 g/mol. The average Bonchev–Trinajstić information content (AvgIpc) is 3.23. The van der Waals surface area contributed by atoms with E-state index in [4.69, 9.17) is 10.7 Å². The second kappa shape index (κ2) is 19.5. The van der Waals surface area contributed by atoms with Gasteiger partial charge in [-0.2, -0.15) is 0 Å². The van der Waals surface area contributed by atoms with Crippen LogP contribution in [0.2, 0.25) is 0 Å². The Morgan fingerprint density at radius 2 is 1.30 bits per heavy atom. The van der Waals surface area contributed by atoms with Gasteiger partial charge in [0.15, 0.2) is 0 Å². The molecular weight excluding hydrogens is 653 g/mol. The van der Waals surface area contributed by atoms with Crippen LogP contribution in [0.1, 0.15) is 63.3 Å². The zero-order valence-electron chi connectivity index (χ0n) is 32.4. The van der Waals surface area contributed by atoms with E-state index in [0.717, 1.165) is 46.4 Å². The Kier molecular flexibility index (Phi) is 14.1. The highest BCUT2D eigenvalue weighted by Gasteiger charge is 2.20. The second-order valence-electron chi connectivity index (χ2n) is 12.8. The first-order valence-electron chi connectivity index (χ1n) is 19.0. The number of nitrogens with two attached hydrogens (primary N) is 1. The maximum Gasteiger partial charge on any atom is 0.0742 e. The highest BCUT2D eigenvalue weighted by atomic mass is 14.7. The fourth-order valence-electron chi connectivity index (χ4n) is 6.78. The summed E-state index contributed by atoms with van der Waals surface area (Å²) in [6, 6.07) is 39.3. The molecule has 2 heteroatoms. The number of benzene rings is 5. The maximum absolute atomic E-state index is 5.72. The van der Waals surface area contributed by atoms with E-state index in [1.54, 1.807) is 6.20 Å². The minimum Gasteiger partial charge on any atom is -0.405 e. The van der Waals surface area contributed by atoms with E-state index in [-0.39, 0.29) is 0 Å². The van der Waals surface area contributed by atoms with Crippen LogP contribution >= 0.6 is 0 Å². The van der Waals surface area contributed by atoms with E-state index in [9.17, 15) is 0 Å². The standard InChI is InChI=1S/C50H46N2.C2H6/c1-5-8-9-13-31-52-50-48(36(4)19-20-37(6-2)41-17-14-18-42(32-41)39-15-11-10-12-16-39)27-26-46-33-45(25-28-49(46)50)44-24-22-40-21-23-43(34-47(40)35-44)38(7-3)29-30-51;1-2/h5-25,28-35H,4,26-27,51H2,1-3H3;1-2H3/b8-5-,13-9-,20-19-,30-29-,37-6+,38-7+,52-31?;. The number of hydrogen-bond acceptors (Lipinski definition) is 2. The number of nitrogens with zero attached hydrogens (tertiary/aromatic N) is 1. The molecule has 6 rings (SSSR count). The van der Waals surface area contributed by atoms with Crippen molar-refractivity contribution < 1.29 is 0 Å². The average molecular weight is 705 g/mol. The highest BCUT2D eigenvalue weighted by Crippen LogP contribution is 2.38. The van der Waals surface area contributed by atoms with Gasteiger partial charge in [0.25, 0.3) is 0 Å². The van der Waals surface area contributed by atoms with Crippen LogP contribution < -0.4 is 5.73 Å². The van der Waals surface area contributed by atoms with Gasteiger partial charge in [-0.1, -0.05) is 154 Å². The first kappa shape index (κ1) is 39.0. The molecule has 0 heterocycles. The van der Waals surface area contributed by atoms with Gasteiger partial charge in [0, 0.05) is 11.8 Å². The molecule has 0 aromatic heterocycles. The molecule has 2 nitrogen and oxygen atoms in total. The lowest BCUT2D eigenvalue weighted by Gasteiger charge is -2.22. The molecule has 54 heavy (non-hydrogen) atoms. The Morgan fingerprint density at radius 1 is 0.611 bits per heavy atom. The minimum absolute atomic E-state index is 0.863. The number of aryl methyl sites for hydroxylation is 1. The lowest BCUT2D eigenvalue weighted by atomic mass is 9.84. The van der Waals surface area contributed by atoms with Crippen LogP contribution in [-0.4, -0.2) is 6.21 Å². The van der Waals surface area contributed by atoms with Crippen LogP contribution in [-0.2, 0) is 6.42 Å². The summed E-state index contributed by atoms with van der Waals surface area (Å²) in [5.74, 6) is 0. The fourth-order valence-corrected chi connectivity index (χ4v) is 6.78. The normalized spacial score (nSPS) is 13.8. The van der Waals surface area contributed by atoms with Crippen molar-refractivity contribution in [2.45, 2.75) is 47.5 Å². The molecule has 0 saturated carbocycles. The van der Waals surface area contributed by atoms with Crippen molar-refractivity contribution in [2.75, 3.05) is 0 Å². The largest absolute Gasteiger partial charge is 0.405 e. The molecule has 0 spiro atoms. The molecule has 1 aliphatic rings. The van der Waals surface area contributed by atoms with Crippen LogP contribution in [0, 0.1) is 0 Å². The van der Waals surface area contributed by atoms with Gasteiger partial charge in [-0.3, -0.25) is 4.99 Å². The predicted octanol–water partition coefficient (Wildman–Crippen LogP) is 14.2. The van der Waals surface area contributed by atoms with Crippen LogP contribution in [0.15, 0.2) is 193 Å². The molecule has 0 aliphatic heterocycles. The van der Waals surface area contributed by atoms with Crippen molar-refractivity contribution in [3.8, 4) is 22.3 Å². The smallest absolute Gasteiger partial charge is 0.0742 e. The molecule has 0 atom stereocenters. The zero-order valence-corrected chi connectivity index (χ0v) is 32.4. The molecule has 0 bridgehead atoms. The van der Waals surface area contributed by atoms with Gasteiger partial charge in [-0.25, -0.2) is 0 Å². The van der Waals surface area contributed by atoms with Gasteiger partial charge in [-0.15, -0.1) is 0 Å². The summed E-state index contributed by atoms with van der Waals surface area (Å²) in [5, 5.41) is 2.41. The Balaban J connectivity index is 0.00000276. The molecule has 1 aliphatic carbocycles. The maximum atomic E-state index is 5.72. The third-order valence-corrected chi connectivity index (χ3v) is 9.55. The number of hydrogen-bond donors (Lipinski definition) is 1. The first-order valence-corrected chi connectivity index (χ1v) is 19.0. The molecule has 0 unspecified atom stereocenters. The summed E-state index contributed by atoms with van der Waals surface area (Å²) in [6.07, 6.45) is 23.8.